The number of hydrogen-bond acceptors (Lipinski definition) is 3. The van der Waals surface area contributed by atoms with Gasteiger partial charge in [-0.1, -0.05) is 0 Å². The number of rotatable bonds is 2. The monoisotopic (exact) mass is 253 g/mol. The van der Waals surface area contributed by atoms with Gasteiger partial charge in [-0.05, 0) is 31.5 Å². The lowest BCUT2D eigenvalue weighted by atomic mass is 10.3. The van der Waals surface area contributed by atoms with E-state index in [9.17, 15) is 8.96 Å². The predicted octanol–water partition coefficient (Wildman–Crippen LogP) is 1.84. The fourth-order valence-electron chi connectivity index (χ4n) is 1.58. The summed E-state index contributed by atoms with van der Waals surface area (Å²) in [6, 6.07) is 5.05. The fourth-order valence-corrected chi connectivity index (χ4v) is 2.72. The molecule has 2 N–H and O–H groups in total. The van der Waals surface area contributed by atoms with Gasteiger partial charge >= 0.3 is 0 Å². The Kier molecular flexibility index (Phi) is 2.79. The number of halogens is 1. The number of nitrogen functional groups attached to an aromatic ring is 1. The van der Waals surface area contributed by atoms with Crippen LogP contribution in [0.4, 0.5) is 10.1 Å². The molecule has 0 radical (unpaired) electrons. The smallest absolute Gasteiger partial charge is 0.161 e. The molecule has 1 aromatic heterocycles. The van der Waals surface area contributed by atoms with Gasteiger partial charge in [0.1, 0.15) is 7.14 Å². The molecular formula is C11H13FN3OP. The minimum Gasteiger partial charge on any atom is -0.398 e. The molecule has 1 aromatic carbocycles. The maximum atomic E-state index is 12.9. The molecule has 0 amide bonds. The van der Waals surface area contributed by atoms with Gasteiger partial charge in [0.25, 0.3) is 0 Å². The van der Waals surface area contributed by atoms with Gasteiger partial charge in [0, 0.05) is 11.0 Å². The molecular weight excluding hydrogens is 240 g/mol. The number of nitrogens with two attached hydrogens (primary N) is 1. The highest BCUT2D eigenvalue weighted by molar-refractivity contribution is 7.70. The number of benzene rings is 1. The maximum absolute atomic E-state index is 12.9. The lowest BCUT2D eigenvalue weighted by Gasteiger charge is -2.12. The van der Waals surface area contributed by atoms with Crippen LogP contribution in [0.25, 0.3) is 5.69 Å². The van der Waals surface area contributed by atoms with Crippen LogP contribution in [0.3, 0.4) is 0 Å². The quantitative estimate of drug-likeness (QED) is 0.656. The summed E-state index contributed by atoms with van der Waals surface area (Å²) in [6.07, 6.45) is 2.37. The summed E-state index contributed by atoms with van der Waals surface area (Å²) in [6.45, 7) is 3.29. The lowest BCUT2D eigenvalue weighted by Crippen LogP contribution is -2.11. The molecule has 0 bridgehead atoms. The van der Waals surface area contributed by atoms with E-state index in [-0.39, 0.29) is 0 Å². The summed E-state index contributed by atoms with van der Waals surface area (Å²) in [7, 11) is -2.46. The minimum absolute atomic E-state index is 0.417. The predicted molar refractivity (Wildman–Crippen MR) is 67.0 cm³/mol. The van der Waals surface area contributed by atoms with Crippen LogP contribution < -0.4 is 11.0 Å². The summed E-state index contributed by atoms with van der Waals surface area (Å²) in [5, 5.41) is 4.44. The summed E-state index contributed by atoms with van der Waals surface area (Å²) in [5.41, 5.74) is 6.90. The van der Waals surface area contributed by atoms with E-state index in [0.29, 0.717) is 16.7 Å². The maximum Gasteiger partial charge on any atom is 0.161 e. The van der Waals surface area contributed by atoms with Gasteiger partial charge in [0.15, 0.2) is 5.82 Å². The number of hydrogen-bond donors (Lipinski definition) is 1. The number of nitrogens with zero attached hydrogens (tertiary/aromatic N) is 2. The van der Waals surface area contributed by atoms with Crippen molar-refractivity contribution in [3.63, 3.8) is 0 Å². The van der Waals surface area contributed by atoms with Crippen LogP contribution >= 0.6 is 7.14 Å². The minimum atomic E-state index is -2.46. The molecule has 0 aliphatic heterocycles. The van der Waals surface area contributed by atoms with Crippen molar-refractivity contribution in [1.82, 2.24) is 9.78 Å². The molecule has 90 valence electrons. The van der Waals surface area contributed by atoms with Crippen molar-refractivity contribution in [2.24, 2.45) is 0 Å². The van der Waals surface area contributed by atoms with Crippen LogP contribution in [0.15, 0.2) is 30.6 Å². The Hall–Kier alpha value is -1.61. The molecule has 0 saturated carbocycles. The molecule has 6 heteroatoms. The van der Waals surface area contributed by atoms with E-state index in [1.165, 1.54) is 10.9 Å². The van der Waals surface area contributed by atoms with E-state index in [4.69, 9.17) is 5.73 Å². The Morgan fingerprint density at radius 2 is 2.12 bits per heavy atom. The van der Waals surface area contributed by atoms with E-state index >= 15 is 0 Å². The fraction of sp³-hybridized carbons (Fsp3) is 0.182. The summed E-state index contributed by atoms with van der Waals surface area (Å²) < 4.78 is 26.3. The van der Waals surface area contributed by atoms with E-state index in [2.05, 4.69) is 5.10 Å². The average Bonchev–Trinajstić information content (AvgIpc) is 2.64. The summed E-state index contributed by atoms with van der Waals surface area (Å²) in [5.74, 6) is -0.417. The first-order chi connectivity index (χ1) is 7.88. The third kappa shape index (κ3) is 2.39. The van der Waals surface area contributed by atoms with Gasteiger partial charge in [0.05, 0.1) is 18.1 Å². The van der Waals surface area contributed by atoms with Crippen molar-refractivity contribution in [2.45, 2.75) is 0 Å². The zero-order valence-corrected chi connectivity index (χ0v) is 10.5. The highest BCUT2D eigenvalue weighted by Crippen LogP contribution is 2.37. The highest BCUT2D eigenvalue weighted by Gasteiger charge is 2.16. The van der Waals surface area contributed by atoms with E-state index in [1.54, 1.807) is 31.5 Å². The molecule has 2 rings (SSSR count). The third-order valence-electron chi connectivity index (χ3n) is 2.41. The van der Waals surface area contributed by atoms with Gasteiger partial charge in [-0.15, -0.1) is 0 Å². The van der Waals surface area contributed by atoms with Gasteiger partial charge in [-0.25, -0.2) is 9.07 Å². The zero-order chi connectivity index (χ0) is 12.6. The van der Waals surface area contributed by atoms with Crippen LogP contribution in [0.1, 0.15) is 0 Å². The van der Waals surface area contributed by atoms with Crippen molar-refractivity contribution in [2.75, 3.05) is 19.1 Å². The molecule has 0 aliphatic rings. The normalized spacial score (nSPS) is 11.7. The van der Waals surface area contributed by atoms with Crippen LogP contribution in [-0.2, 0) is 4.57 Å². The Morgan fingerprint density at radius 3 is 2.65 bits per heavy atom. The van der Waals surface area contributed by atoms with Crippen LogP contribution in [0.5, 0.6) is 0 Å². The largest absolute Gasteiger partial charge is 0.398 e. The van der Waals surface area contributed by atoms with Crippen molar-refractivity contribution in [1.29, 1.82) is 0 Å². The Labute approximate surface area is 98.6 Å². The topological polar surface area (TPSA) is 60.9 Å². The first-order valence-electron chi connectivity index (χ1n) is 5.03. The first-order valence-corrected chi connectivity index (χ1v) is 7.63. The molecule has 1 heterocycles. The molecule has 0 aliphatic carbocycles. The molecule has 17 heavy (non-hydrogen) atoms. The van der Waals surface area contributed by atoms with Crippen molar-refractivity contribution >= 4 is 18.1 Å². The second kappa shape index (κ2) is 4.00. The highest BCUT2D eigenvalue weighted by atomic mass is 31.2. The lowest BCUT2D eigenvalue weighted by molar-refractivity contribution is 0.588. The van der Waals surface area contributed by atoms with E-state index in [1.807, 2.05) is 0 Å². The van der Waals surface area contributed by atoms with E-state index in [0.717, 1.165) is 6.20 Å². The Bertz CT molecular complexity index is 603. The van der Waals surface area contributed by atoms with Crippen molar-refractivity contribution in [3.05, 3.63) is 36.4 Å². The van der Waals surface area contributed by atoms with Crippen LogP contribution in [-0.4, -0.2) is 23.1 Å². The summed E-state index contributed by atoms with van der Waals surface area (Å²) >= 11 is 0. The van der Waals surface area contributed by atoms with Crippen LogP contribution in [0, 0.1) is 5.82 Å². The number of aromatic nitrogens is 2. The van der Waals surface area contributed by atoms with Gasteiger partial charge in [-0.3, -0.25) is 0 Å². The zero-order valence-electron chi connectivity index (χ0n) is 9.59. The second-order valence-corrected chi connectivity index (χ2v) is 7.38. The van der Waals surface area contributed by atoms with Gasteiger partial charge < -0.3 is 10.3 Å². The molecule has 0 fully saturated rings. The van der Waals surface area contributed by atoms with Crippen molar-refractivity contribution < 1.29 is 8.96 Å². The third-order valence-corrected chi connectivity index (χ3v) is 3.96. The average molecular weight is 253 g/mol. The van der Waals surface area contributed by atoms with Gasteiger partial charge in [-0.2, -0.15) is 5.10 Å². The van der Waals surface area contributed by atoms with Gasteiger partial charge in [0.2, 0.25) is 0 Å². The second-order valence-electron chi connectivity index (χ2n) is 4.20. The van der Waals surface area contributed by atoms with E-state index < -0.39 is 13.0 Å². The standard InChI is InChI=1S/C11H13FN3OP/c1-17(2,16)11-5-9(3-4-10(11)13)15-7-8(12)6-14-15/h3-7H,13H2,1-2H3. The molecule has 0 atom stereocenters. The number of anilines is 1. The summed E-state index contributed by atoms with van der Waals surface area (Å²) in [4.78, 5) is 0. The molecule has 0 spiro atoms. The van der Waals surface area contributed by atoms with Crippen molar-refractivity contribution in [3.8, 4) is 5.69 Å². The SMILES string of the molecule is CP(C)(=O)c1cc(-n2cc(F)cn2)ccc1N. The molecule has 4 nitrogen and oxygen atoms in total. The molecule has 0 unspecified atom stereocenters. The molecule has 0 saturated heterocycles. The van der Waals surface area contributed by atoms with Crippen LogP contribution in [0.2, 0.25) is 0 Å². The Balaban J connectivity index is 2.55. The Morgan fingerprint density at radius 1 is 1.41 bits per heavy atom. The molecule has 2 aromatic rings. The first kappa shape index (κ1) is 11.9.